The zero-order chi connectivity index (χ0) is 13.1. The molecule has 0 amide bonds. The van der Waals surface area contributed by atoms with Crippen LogP contribution in [0.25, 0.3) is 16.7 Å². The molecule has 0 radical (unpaired) electrons. The molecule has 3 aromatic rings. The molecule has 2 aromatic carbocycles. The number of imidazole rings is 1. The topological polar surface area (TPSA) is 53.1 Å². The first-order chi connectivity index (χ1) is 9.38. The van der Waals surface area contributed by atoms with Crippen LogP contribution in [0.1, 0.15) is 0 Å². The van der Waals surface area contributed by atoms with E-state index in [1.807, 2.05) is 48.8 Å². The molecule has 3 rings (SSSR count). The van der Waals surface area contributed by atoms with Gasteiger partial charge in [0.15, 0.2) is 0 Å². The van der Waals surface area contributed by atoms with Gasteiger partial charge in [-0.15, -0.1) is 0 Å². The van der Waals surface area contributed by atoms with Crippen molar-refractivity contribution < 1.29 is 4.74 Å². The first kappa shape index (κ1) is 11.7. The molecule has 0 aliphatic heterocycles. The molecular weight excluding hydrogens is 238 g/mol. The molecule has 0 aliphatic rings. The van der Waals surface area contributed by atoms with Crippen LogP contribution in [0.15, 0.2) is 54.9 Å². The number of hydrogen-bond donors (Lipinski definition) is 1. The van der Waals surface area contributed by atoms with Gasteiger partial charge in [0.05, 0.1) is 11.0 Å². The summed E-state index contributed by atoms with van der Waals surface area (Å²) >= 11 is 0. The Labute approximate surface area is 111 Å². The number of nitrogens with zero attached hydrogens (tertiary/aromatic N) is 2. The van der Waals surface area contributed by atoms with E-state index >= 15 is 0 Å². The molecule has 19 heavy (non-hydrogen) atoms. The highest BCUT2D eigenvalue weighted by Crippen LogP contribution is 2.20. The summed E-state index contributed by atoms with van der Waals surface area (Å²) in [6.45, 7) is 1.06. The number of hydrogen-bond acceptors (Lipinski definition) is 3. The molecule has 2 N–H and O–H groups in total. The molecule has 0 spiro atoms. The Bertz CT molecular complexity index is 673. The van der Waals surface area contributed by atoms with Crippen LogP contribution in [0.2, 0.25) is 0 Å². The predicted octanol–water partition coefficient (Wildman–Crippen LogP) is 2.36. The van der Waals surface area contributed by atoms with Gasteiger partial charge >= 0.3 is 0 Å². The lowest BCUT2D eigenvalue weighted by atomic mass is 10.2. The summed E-state index contributed by atoms with van der Waals surface area (Å²) in [6.07, 6.45) is 1.83. The van der Waals surface area contributed by atoms with E-state index in [1.54, 1.807) is 0 Å². The van der Waals surface area contributed by atoms with E-state index in [2.05, 4.69) is 15.6 Å². The third-order valence-corrected chi connectivity index (χ3v) is 2.96. The summed E-state index contributed by atoms with van der Waals surface area (Å²) in [5, 5.41) is 0. The maximum Gasteiger partial charge on any atom is 0.119 e. The maximum absolute atomic E-state index is 5.47. The van der Waals surface area contributed by atoms with Crippen LogP contribution < -0.4 is 10.5 Å². The SMILES string of the molecule is NCCOc1ccc(-n2cnc3ccccc32)cc1. The molecule has 0 fully saturated rings. The zero-order valence-corrected chi connectivity index (χ0v) is 10.5. The lowest BCUT2D eigenvalue weighted by molar-refractivity contribution is 0.328. The van der Waals surface area contributed by atoms with Crippen molar-refractivity contribution in [3.63, 3.8) is 0 Å². The quantitative estimate of drug-likeness (QED) is 0.776. The van der Waals surface area contributed by atoms with E-state index in [0.29, 0.717) is 13.2 Å². The van der Waals surface area contributed by atoms with Crippen molar-refractivity contribution in [1.82, 2.24) is 9.55 Å². The highest BCUT2D eigenvalue weighted by Gasteiger charge is 2.03. The van der Waals surface area contributed by atoms with Gasteiger partial charge in [0.1, 0.15) is 18.7 Å². The van der Waals surface area contributed by atoms with Gasteiger partial charge in [-0.2, -0.15) is 0 Å². The van der Waals surface area contributed by atoms with Crippen molar-refractivity contribution in [3.05, 3.63) is 54.9 Å². The molecule has 0 unspecified atom stereocenters. The van der Waals surface area contributed by atoms with Crippen molar-refractivity contribution in [3.8, 4) is 11.4 Å². The van der Waals surface area contributed by atoms with E-state index in [1.165, 1.54) is 0 Å². The van der Waals surface area contributed by atoms with Crippen molar-refractivity contribution in [2.45, 2.75) is 0 Å². The van der Waals surface area contributed by atoms with Gasteiger partial charge in [-0.1, -0.05) is 12.1 Å². The number of ether oxygens (including phenoxy) is 1. The normalized spacial score (nSPS) is 10.8. The first-order valence-corrected chi connectivity index (χ1v) is 6.24. The lowest BCUT2D eigenvalue weighted by Gasteiger charge is -2.07. The summed E-state index contributed by atoms with van der Waals surface area (Å²) in [5.74, 6) is 0.832. The summed E-state index contributed by atoms with van der Waals surface area (Å²) in [4.78, 5) is 4.38. The minimum Gasteiger partial charge on any atom is -0.492 e. The first-order valence-electron chi connectivity index (χ1n) is 6.24. The smallest absolute Gasteiger partial charge is 0.119 e. The van der Waals surface area contributed by atoms with Gasteiger partial charge in [0, 0.05) is 12.2 Å². The van der Waals surface area contributed by atoms with Crippen LogP contribution in [0, 0.1) is 0 Å². The van der Waals surface area contributed by atoms with Crippen molar-refractivity contribution in [2.75, 3.05) is 13.2 Å². The largest absolute Gasteiger partial charge is 0.492 e. The van der Waals surface area contributed by atoms with Crippen molar-refractivity contribution in [2.24, 2.45) is 5.73 Å². The number of rotatable bonds is 4. The summed E-state index contributed by atoms with van der Waals surface area (Å²) in [7, 11) is 0. The van der Waals surface area contributed by atoms with Crippen LogP contribution in [0.5, 0.6) is 5.75 Å². The zero-order valence-electron chi connectivity index (χ0n) is 10.5. The molecule has 0 saturated carbocycles. The van der Waals surface area contributed by atoms with Crippen LogP contribution >= 0.6 is 0 Å². The minimum absolute atomic E-state index is 0.522. The Kier molecular flexibility index (Phi) is 3.16. The Morgan fingerprint density at radius 1 is 1.05 bits per heavy atom. The molecular formula is C15H15N3O. The number of fused-ring (bicyclic) bond motifs is 1. The van der Waals surface area contributed by atoms with E-state index in [4.69, 9.17) is 10.5 Å². The van der Waals surface area contributed by atoms with Crippen LogP contribution in [0.4, 0.5) is 0 Å². The highest BCUT2D eigenvalue weighted by atomic mass is 16.5. The fourth-order valence-electron chi connectivity index (χ4n) is 2.04. The van der Waals surface area contributed by atoms with Crippen molar-refractivity contribution >= 4 is 11.0 Å². The third kappa shape index (κ3) is 2.30. The van der Waals surface area contributed by atoms with E-state index < -0.39 is 0 Å². The van der Waals surface area contributed by atoms with Crippen LogP contribution in [0.3, 0.4) is 0 Å². The van der Waals surface area contributed by atoms with Crippen molar-refractivity contribution in [1.29, 1.82) is 0 Å². The molecule has 96 valence electrons. The number of para-hydroxylation sites is 2. The van der Waals surface area contributed by atoms with Gasteiger partial charge in [-0.3, -0.25) is 4.57 Å². The van der Waals surface area contributed by atoms with E-state index in [0.717, 1.165) is 22.5 Å². The number of benzene rings is 2. The molecule has 1 aromatic heterocycles. The molecule has 0 atom stereocenters. The van der Waals surface area contributed by atoms with Crippen LogP contribution in [-0.2, 0) is 0 Å². The molecule has 4 nitrogen and oxygen atoms in total. The van der Waals surface area contributed by atoms with E-state index in [9.17, 15) is 0 Å². The van der Waals surface area contributed by atoms with E-state index in [-0.39, 0.29) is 0 Å². The fraction of sp³-hybridized carbons (Fsp3) is 0.133. The Balaban J connectivity index is 1.93. The average molecular weight is 253 g/mol. The molecule has 1 heterocycles. The average Bonchev–Trinajstić information content (AvgIpc) is 2.90. The highest BCUT2D eigenvalue weighted by molar-refractivity contribution is 5.77. The Morgan fingerprint density at radius 2 is 1.84 bits per heavy atom. The van der Waals surface area contributed by atoms with Gasteiger partial charge in [0.2, 0.25) is 0 Å². The second kappa shape index (κ2) is 5.12. The lowest BCUT2D eigenvalue weighted by Crippen LogP contribution is -2.10. The summed E-state index contributed by atoms with van der Waals surface area (Å²) in [6, 6.07) is 16.0. The summed E-state index contributed by atoms with van der Waals surface area (Å²) < 4.78 is 7.52. The fourth-order valence-corrected chi connectivity index (χ4v) is 2.04. The molecule has 0 aliphatic carbocycles. The third-order valence-electron chi connectivity index (χ3n) is 2.96. The van der Waals surface area contributed by atoms with Gasteiger partial charge in [-0.25, -0.2) is 4.98 Å². The van der Waals surface area contributed by atoms with Crippen LogP contribution in [-0.4, -0.2) is 22.7 Å². The van der Waals surface area contributed by atoms with Gasteiger partial charge < -0.3 is 10.5 Å². The Hall–Kier alpha value is -2.33. The summed E-state index contributed by atoms with van der Waals surface area (Å²) in [5.41, 5.74) is 8.56. The molecule has 0 saturated heterocycles. The second-order valence-electron chi connectivity index (χ2n) is 4.23. The monoisotopic (exact) mass is 253 g/mol. The molecule has 0 bridgehead atoms. The van der Waals surface area contributed by atoms with Gasteiger partial charge in [-0.05, 0) is 36.4 Å². The standard InChI is InChI=1S/C15H15N3O/c16-9-10-19-13-7-5-12(6-8-13)18-11-17-14-3-1-2-4-15(14)18/h1-8,11H,9-10,16H2. The van der Waals surface area contributed by atoms with Gasteiger partial charge in [0.25, 0.3) is 0 Å². The number of nitrogens with two attached hydrogens (primary N) is 1. The maximum atomic E-state index is 5.47. The predicted molar refractivity (Wildman–Crippen MR) is 75.6 cm³/mol. The molecule has 4 heteroatoms. The minimum atomic E-state index is 0.522. The second-order valence-corrected chi connectivity index (χ2v) is 4.23. The number of aromatic nitrogens is 2. The Morgan fingerprint density at radius 3 is 2.63 bits per heavy atom.